The SMILES string of the molecule is CCC(N)(CC)COCC(=O)Nc1ccccc1OC. The largest absolute Gasteiger partial charge is 0.495 e. The van der Waals surface area contributed by atoms with Crippen LogP contribution in [0.2, 0.25) is 0 Å². The number of rotatable bonds is 8. The first-order valence-corrected chi connectivity index (χ1v) is 6.84. The van der Waals surface area contributed by atoms with Gasteiger partial charge in [-0.3, -0.25) is 4.79 Å². The summed E-state index contributed by atoms with van der Waals surface area (Å²) in [5.74, 6) is 0.403. The number of methoxy groups -OCH3 is 1. The summed E-state index contributed by atoms with van der Waals surface area (Å²) in [7, 11) is 1.56. The van der Waals surface area contributed by atoms with E-state index >= 15 is 0 Å². The fourth-order valence-corrected chi connectivity index (χ4v) is 1.74. The van der Waals surface area contributed by atoms with E-state index in [0.29, 0.717) is 18.0 Å². The molecule has 0 aliphatic rings. The predicted octanol–water partition coefficient (Wildman–Crippen LogP) is 2.17. The number of ether oxygens (including phenoxy) is 2. The lowest BCUT2D eigenvalue weighted by Gasteiger charge is -2.26. The number of anilines is 1. The van der Waals surface area contributed by atoms with Crippen molar-refractivity contribution in [2.75, 3.05) is 25.6 Å². The average molecular weight is 280 g/mol. The number of nitrogens with two attached hydrogens (primary N) is 1. The molecule has 0 aliphatic carbocycles. The topological polar surface area (TPSA) is 73.6 Å². The van der Waals surface area contributed by atoms with Gasteiger partial charge in [-0.25, -0.2) is 0 Å². The van der Waals surface area contributed by atoms with Crippen LogP contribution in [0.4, 0.5) is 5.69 Å². The second kappa shape index (κ2) is 7.87. The molecule has 3 N–H and O–H groups in total. The Balaban J connectivity index is 2.44. The first-order valence-electron chi connectivity index (χ1n) is 6.84. The second-order valence-electron chi connectivity index (χ2n) is 4.81. The third kappa shape index (κ3) is 4.83. The third-order valence-corrected chi connectivity index (χ3v) is 3.41. The Hall–Kier alpha value is -1.59. The quantitative estimate of drug-likeness (QED) is 0.765. The van der Waals surface area contributed by atoms with Gasteiger partial charge in [-0.05, 0) is 25.0 Å². The summed E-state index contributed by atoms with van der Waals surface area (Å²) < 4.78 is 10.6. The molecule has 0 saturated carbocycles. The first kappa shape index (κ1) is 16.5. The minimum Gasteiger partial charge on any atom is -0.495 e. The van der Waals surface area contributed by atoms with Crippen LogP contribution in [-0.2, 0) is 9.53 Å². The van der Waals surface area contributed by atoms with E-state index in [1.165, 1.54) is 0 Å². The van der Waals surface area contributed by atoms with Crippen molar-refractivity contribution in [2.45, 2.75) is 32.2 Å². The van der Waals surface area contributed by atoms with Gasteiger partial charge in [0.2, 0.25) is 5.91 Å². The summed E-state index contributed by atoms with van der Waals surface area (Å²) in [4.78, 5) is 11.8. The minimum atomic E-state index is -0.356. The molecule has 0 heterocycles. The lowest BCUT2D eigenvalue weighted by atomic mass is 9.96. The Morgan fingerprint density at radius 2 is 1.95 bits per heavy atom. The smallest absolute Gasteiger partial charge is 0.250 e. The lowest BCUT2D eigenvalue weighted by molar-refractivity contribution is -0.121. The maximum atomic E-state index is 11.8. The molecule has 0 fully saturated rings. The van der Waals surface area contributed by atoms with Crippen molar-refractivity contribution in [3.05, 3.63) is 24.3 Å². The van der Waals surface area contributed by atoms with Gasteiger partial charge in [-0.2, -0.15) is 0 Å². The maximum absolute atomic E-state index is 11.8. The molecule has 1 aromatic rings. The Morgan fingerprint density at radius 3 is 2.55 bits per heavy atom. The van der Waals surface area contributed by atoms with Crippen LogP contribution in [0.1, 0.15) is 26.7 Å². The highest BCUT2D eigenvalue weighted by molar-refractivity contribution is 5.93. The Kier molecular flexibility index (Phi) is 6.48. The Labute approximate surface area is 120 Å². The van der Waals surface area contributed by atoms with Crippen LogP contribution in [0, 0.1) is 0 Å². The lowest BCUT2D eigenvalue weighted by Crippen LogP contribution is -2.43. The molecule has 20 heavy (non-hydrogen) atoms. The van der Waals surface area contributed by atoms with E-state index in [-0.39, 0.29) is 18.1 Å². The highest BCUT2D eigenvalue weighted by Crippen LogP contribution is 2.22. The molecule has 0 saturated heterocycles. The molecule has 112 valence electrons. The zero-order valence-electron chi connectivity index (χ0n) is 12.4. The van der Waals surface area contributed by atoms with Crippen molar-refractivity contribution in [1.82, 2.24) is 0 Å². The fraction of sp³-hybridized carbons (Fsp3) is 0.533. The molecule has 1 amide bonds. The van der Waals surface area contributed by atoms with Crippen LogP contribution in [0.15, 0.2) is 24.3 Å². The number of carbonyl (C=O) groups is 1. The molecule has 0 spiro atoms. The zero-order chi connectivity index (χ0) is 15.0. The van der Waals surface area contributed by atoms with E-state index in [1.54, 1.807) is 19.2 Å². The van der Waals surface area contributed by atoms with E-state index in [9.17, 15) is 4.79 Å². The van der Waals surface area contributed by atoms with Crippen molar-refractivity contribution in [1.29, 1.82) is 0 Å². The fourth-order valence-electron chi connectivity index (χ4n) is 1.74. The van der Waals surface area contributed by atoms with E-state index in [1.807, 2.05) is 26.0 Å². The number of benzene rings is 1. The summed E-state index contributed by atoms with van der Waals surface area (Å²) in [5.41, 5.74) is 6.38. The van der Waals surface area contributed by atoms with Gasteiger partial charge in [-0.15, -0.1) is 0 Å². The van der Waals surface area contributed by atoms with Crippen molar-refractivity contribution >= 4 is 11.6 Å². The zero-order valence-corrected chi connectivity index (χ0v) is 12.4. The van der Waals surface area contributed by atoms with Crippen LogP contribution < -0.4 is 15.8 Å². The number of amides is 1. The van der Waals surface area contributed by atoms with Gasteiger partial charge in [0.15, 0.2) is 0 Å². The third-order valence-electron chi connectivity index (χ3n) is 3.41. The van der Waals surface area contributed by atoms with E-state index in [4.69, 9.17) is 15.2 Å². The molecule has 5 heteroatoms. The van der Waals surface area contributed by atoms with Crippen molar-refractivity contribution in [3.63, 3.8) is 0 Å². The normalized spacial score (nSPS) is 11.2. The predicted molar refractivity (Wildman–Crippen MR) is 79.9 cm³/mol. The molecule has 0 atom stereocenters. The Morgan fingerprint density at radius 1 is 1.30 bits per heavy atom. The second-order valence-corrected chi connectivity index (χ2v) is 4.81. The number of para-hydroxylation sites is 2. The van der Waals surface area contributed by atoms with Crippen LogP contribution in [0.5, 0.6) is 5.75 Å². The van der Waals surface area contributed by atoms with Gasteiger partial charge < -0.3 is 20.5 Å². The number of nitrogens with one attached hydrogen (secondary N) is 1. The summed E-state index contributed by atoms with van der Waals surface area (Å²) in [6.45, 7) is 4.39. The standard InChI is InChI=1S/C15H24N2O3/c1-4-15(16,5-2)11-20-10-14(18)17-12-8-6-7-9-13(12)19-3/h6-9H,4-5,10-11,16H2,1-3H3,(H,17,18). The number of hydrogen-bond acceptors (Lipinski definition) is 4. The van der Waals surface area contributed by atoms with Crippen LogP contribution in [-0.4, -0.2) is 31.8 Å². The van der Waals surface area contributed by atoms with Crippen LogP contribution >= 0.6 is 0 Å². The molecule has 0 bridgehead atoms. The minimum absolute atomic E-state index is 0.0169. The van der Waals surface area contributed by atoms with Gasteiger partial charge in [0.05, 0.1) is 19.4 Å². The van der Waals surface area contributed by atoms with E-state index < -0.39 is 0 Å². The van der Waals surface area contributed by atoms with Gasteiger partial charge in [0.25, 0.3) is 0 Å². The van der Waals surface area contributed by atoms with Crippen molar-refractivity contribution in [3.8, 4) is 5.75 Å². The summed E-state index contributed by atoms with van der Waals surface area (Å²) in [6, 6.07) is 7.24. The summed E-state index contributed by atoms with van der Waals surface area (Å²) in [6.07, 6.45) is 1.63. The molecular weight excluding hydrogens is 256 g/mol. The number of carbonyl (C=O) groups excluding carboxylic acids is 1. The van der Waals surface area contributed by atoms with E-state index in [2.05, 4.69) is 5.32 Å². The molecular formula is C15H24N2O3. The summed E-state index contributed by atoms with van der Waals surface area (Å²) in [5, 5.41) is 2.75. The molecule has 0 unspecified atom stereocenters. The average Bonchev–Trinajstić information content (AvgIpc) is 2.47. The molecule has 0 aliphatic heterocycles. The van der Waals surface area contributed by atoms with Crippen molar-refractivity contribution in [2.24, 2.45) is 5.73 Å². The number of hydrogen-bond donors (Lipinski definition) is 2. The monoisotopic (exact) mass is 280 g/mol. The maximum Gasteiger partial charge on any atom is 0.250 e. The van der Waals surface area contributed by atoms with Gasteiger partial charge in [0.1, 0.15) is 12.4 Å². The molecule has 1 rings (SSSR count). The van der Waals surface area contributed by atoms with Crippen molar-refractivity contribution < 1.29 is 14.3 Å². The summed E-state index contributed by atoms with van der Waals surface area (Å²) >= 11 is 0. The highest BCUT2D eigenvalue weighted by Gasteiger charge is 2.20. The van der Waals surface area contributed by atoms with Gasteiger partial charge in [-0.1, -0.05) is 26.0 Å². The van der Waals surface area contributed by atoms with Gasteiger partial charge in [0, 0.05) is 5.54 Å². The highest BCUT2D eigenvalue weighted by atomic mass is 16.5. The molecule has 0 radical (unpaired) electrons. The van der Waals surface area contributed by atoms with E-state index in [0.717, 1.165) is 12.8 Å². The van der Waals surface area contributed by atoms with Crippen LogP contribution in [0.25, 0.3) is 0 Å². The Bertz CT molecular complexity index is 431. The van der Waals surface area contributed by atoms with Crippen LogP contribution in [0.3, 0.4) is 0 Å². The first-order chi connectivity index (χ1) is 9.54. The van der Waals surface area contributed by atoms with Gasteiger partial charge >= 0.3 is 0 Å². The molecule has 5 nitrogen and oxygen atoms in total. The molecule has 1 aromatic carbocycles. The molecule has 0 aromatic heterocycles.